The fourth-order valence-electron chi connectivity index (χ4n) is 3.61. The number of hydrogen-bond acceptors (Lipinski definition) is 4. The molecule has 28 heavy (non-hydrogen) atoms. The lowest BCUT2D eigenvalue weighted by atomic mass is 10.1. The summed E-state index contributed by atoms with van der Waals surface area (Å²) in [5, 5.41) is 0. The van der Waals surface area contributed by atoms with Crippen LogP contribution in [0.3, 0.4) is 0 Å². The summed E-state index contributed by atoms with van der Waals surface area (Å²) in [6.07, 6.45) is 0. The molecule has 2 aromatic rings. The monoisotopic (exact) mass is 382 g/mol. The number of piperazine rings is 1. The van der Waals surface area contributed by atoms with Crippen LogP contribution in [0.25, 0.3) is 0 Å². The van der Waals surface area contributed by atoms with Crippen LogP contribution in [-0.2, 0) is 4.79 Å². The molecule has 3 rings (SSSR count). The fourth-order valence-corrected chi connectivity index (χ4v) is 3.61. The molecule has 1 atom stereocenters. The number of ether oxygens (including phenoxy) is 2. The Kier molecular flexibility index (Phi) is 5.58. The van der Waals surface area contributed by atoms with Crippen LogP contribution in [-0.4, -0.2) is 50.1 Å². The van der Waals surface area contributed by atoms with Crippen molar-refractivity contribution in [3.05, 3.63) is 53.1 Å². The van der Waals surface area contributed by atoms with E-state index in [1.165, 1.54) is 14.2 Å². The molecule has 0 N–H and O–H groups in total. The molecule has 1 aliphatic rings. The predicted molar refractivity (Wildman–Crippen MR) is 108 cm³/mol. The van der Waals surface area contributed by atoms with Crippen molar-refractivity contribution in [1.82, 2.24) is 4.90 Å². The lowest BCUT2D eigenvalue weighted by Crippen LogP contribution is -2.57. The molecule has 1 aliphatic heterocycles. The molecular formula is C22H26N2O4. The van der Waals surface area contributed by atoms with E-state index < -0.39 is 6.04 Å². The molecule has 0 aromatic heterocycles. The van der Waals surface area contributed by atoms with Gasteiger partial charge in [-0.25, -0.2) is 0 Å². The van der Waals surface area contributed by atoms with Crippen molar-refractivity contribution in [2.24, 2.45) is 0 Å². The number of carbonyl (C=O) groups is 2. The first-order valence-corrected chi connectivity index (χ1v) is 9.27. The van der Waals surface area contributed by atoms with Gasteiger partial charge in [-0.2, -0.15) is 0 Å². The van der Waals surface area contributed by atoms with Gasteiger partial charge in [0.25, 0.3) is 5.91 Å². The summed E-state index contributed by atoms with van der Waals surface area (Å²) >= 11 is 0. The SMILES string of the molecule is COc1cc(OC)cc(C(=O)N2CCN(c3cc(C)cc(C)c3)C(=O)C2C)c1. The number of hydrogen-bond donors (Lipinski definition) is 0. The molecule has 2 aromatic carbocycles. The summed E-state index contributed by atoms with van der Waals surface area (Å²) in [5.41, 5.74) is 3.54. The molecule has 1 unspecified atom stereocenters. The molecule has 1 saturated heterocycles. The van der Waals surface area contributed by atoms with Crippen LogP contribution >= 0.6 is 0 Å². The van der Waals surface area contributed by atoms with Crippen LogP contribution in [0.2, 0.25) is 0 Å². The molecule has 0 aliphatic carbocycles. The largest absolute Gasteiger partial charge is 0.497 e. The Balaban J connectivity index is 1.84. The first kappa shape index (κ1) is 19.7. The van der Waals surface area contributed by atoms with Gasteiger partial charge in [-0.1, -0.05) is 6.07 Å². The summed E-state index contributed by atoms with van der Waals surface area (Å²) < 4.78 is 10.5. The molecule has 0 radical (unpaired) electrons. The Hall–Kier alpha value is -3.02. The first-order chi connectivity index (χ1) is 13.3. The third-order valence-corrected chi connectivity index (χ3v) is 5.03. The normalized spacial score (nSPS) is 16.9. The highest BCUT2D eigenvalue weighted by molar-refractivity contribution is 6.03. The molecule has 0 bridgehead atoms. The zero-order valence-corrected chi connectivity index (χ0v) is 17.0. The Labute approximate surface area is 165 Å². The molecule has 0 saturated carbocycles. The van der Waals surface area contributed by atoms with Gasteiger partial charge in [0.1, 0.15) is 17.5 Å². The second-order valence-electron chi connectivity index (χ2n) is 7.11. The third-order valence-electron chi connectivity index (χ3n) is 5.03. The van der Waals surface area contributed by atoms with E-state index in [0.29, 0.717) is 30.2 Å². The highest BCUT2D eigenvalue weighted by Gasteiger charge is 2.35. The summed E-state index contributed by atoms with van der Waals surface area (Å²) in [5.74, 6) is 0.781. The van der Waals surface area contributed by atoms with E-state index in [1.807, 2.05) is 26.0 Å². The van der Waals surface area contributed by atoms with Gasteiger partial charge in [-0.3, -0.25) is 9.59 Å². The first-order valence-electron chi connectivity index (χ1n) is 9.27. The van der Waals surface area contributed by atoms with Crippen molar-refractivity contribution < 1.29 is 19.1 Å². The van der Waals surface area contributed by atoms with E-state index in [0.717, 1.165) is 16.8 Å². The maximum absolute atomic E-state index is 13.1. The molecule has 1 heterocycles. The zero-order valence-electron chi connectivity index (χ0n) is 17.0. The highest BCUT2D eigenvalue weighted by Crippen LogP contribution is 2.27. The van der Waals surface area contributed by atoms with Crippen molar-refractivity contribution in [2.45, 2.75) is 26.8 Å². The lowest BCUT2D eigenvalue weighted by Gasteiger charge is -2.39. The smallest absolute Gasteiger partial charge is 0.254 e. The molecule has 2 amide bonds. The fraction of sp³-hybridized carbons (Fsp3) is 0.364. The number of aryl methyl sites for hydroxylation is 2. The van der Waals surface area contributed by atoms with Gasteiger partial charge in [0.05, 0.1) is 14.2 Å². The molecule has 148 valence electrons. The van der Waals surface area contributed by atoms with Gasteiger partial charge in [0, 0.05) is 30.4 Å². The summed E-state index contributed by atoms with van der Waals surface area (Å²) in [7, 11) is 3.08. The van der Waals surface area contributed by atoms with Gasteiger partial charge >= 0.3 is 0 Å². The number of nitrogens with zero attached hydrogens (tertiary/aromatic N) is 2. The number of anilines is 1. The number of methoxy groups -OCH3 is 2. The minimum atomic E-state index is -0.556. The van der Waals surface area contributed by atoms with Gasteiger partial charge in [0.2, 0.25) is 5.91 Å². The van der Waals surface area contributed by atoms with Crippen LogP contribution in [0.15, 0.2) is 36.4 Å². The number of benzene rings is 2. The number of amides is 2. The molecule has 6 nitrogen and oxygen atoms in total. The van der Waals surface area contributed by atoms with Crippen LogP contribution in [0.4, 0.5) is 5.69 Å². The van der Waals surface area contributed by atoms with Crippen molar-refractivity contribution >= 4 is 17.5 Å². The van der Waals surface area contributed by atoms with Crippen molar-refractivity contribution in [3.8, 4) is 11.5 Å². The van der Waals surface area contributed by atoms with Crippen molar-refractivity contribution in [2.75, 3.05) is 32.2 Å². The van der Waals surface area contributed by atoms with Crippen molar-refractivity contribution in [1.29, 1.82) is 0 Å². The van der Waals surface area contributed by atoms with E-state index in [1.54, 1.807) is 34.9 Å². The van der Waals surface area contributed by atoms with Crippen molar-refractivity contribution in [3.63, 3.8) is 0 Å². The maximum atomic E-state index is 13.1. The number of rotatable bonds is 4. The minimum absolute atomic E-state index is 0.0838. The summed E-state index contributed by atoms with van der Waals surface area (Å²) in [4.78, 5) is 29.5. The minimum Gasteiger partial charge on any atom is -0.497 e. The Morgan fingerprint density at radius 2 is 1.50 bits per heavy atom. The Bertz CT molecular complexity index is 867. The Morgan fingerprint density at radius 1 is 0.929 bits per heavy atom. The van der Waals surface area contributed by atoms with Gasteiger partial charge in [0.15, 0.2) is 0 Å². The summed E-state index contributed by atoms with van der Waals surface area (Å²) in [6.45, 7) is 6.71. The van der Waals surface area contributed by atoms with Gasteiger partial charge < -0.3 is 19.3 Å². The predicted octanol–water partition coefficient (Wildman–Crippen LogP) is 3.20. The Morgan fingerprint density at radius 3 is 2.04 bits per heavy atom. The number of carbonyl (C=O) groups excluding carboxylic acids is 2. The van der Waals surface area contributed by atoms with E-state index in [-0.39, 0.29) is 11.8 Å². The van der Waals surface area contributed by atoms with Gasteiger partial charge in [-0.15, -0.1) is 0 Å². The quantitative estimate of drug-likeness (QED) is 0.815. The topological polar surface area (TPSA) is 59.1 Å². The maximum Gasteiger partial charge on any atom is 0.254 e. The van der Waals surface area contributed by atoms with Crippen LogP contribution in [0.5, 0.6) is 11.5 Å². The lowest BCUT2D eigenvalue weighted by molar-refractivity contribution is -0.124. The molecule has 6 heteroatoms. The third kappa shape index (κ3) is 3.81. The second-order valence-corrected chi connectivity index (χ2v) is 7.11. The second kappa shape index (κ2) is 7.92. The average Bonchev–Trinajstić information content (AvgIpc) is 2.68. The van der Waals surface area contributed by atoms with Gasteiger partial charge in [-0.05, 0) is 56.2 Å². The molecule has 0 spiro atoms. The highest BCUT2D eigenvalue weighted by atomic mass is 16.5. The molecule has 1 fully saturated rings. The standard InChI is InChI=1S/C22H26N2O4/c1-14-8-15(2)10-18(9-14)24-7-6-23(16(3)21(24)25)22(26)17-11-19(27-4)13-20(12-17)28-5/h8-13,16H,6-7H2,1-5H3. The van der Waals surface area contributed by atoms with E-state index >= 15 is 0 Å². The van der Waals surface area contributed by atoms with Crippen LogP contribution in [0, 0.1) is 13.8 Å². The van der Waals surface area contributed by atoms with E-state index in [4.69, 9.17) is 9.47 Å². The van der Waals surface area contributed by atoms with Crippen LogP contribution < -0.4 is 14.4 Å². The average molecular weight is 382 g/mol. The van der Waals surface area contributed by atoms with Crippen LogP contribution in [0.1, 0.15) is 28.4 Å². The zero-order chi connectivity index (χ0) is 20.4. The summed E-state index contributed by atoms with van der Waals surface area (Å²) in [6, 6.07) is 10.6. The van der Waals surface area contributed by atoms with E-state index in [2.05, 4.69) is 6.07 Å². The van der Waals surface area contributed by atoms with E-state index in [9.17, 15) is 9.59 Å². The molecular weight excluding hydrogens is 356 g/mol.